The molecule has 0 saturated heterocycles. The second-order valence-electron chi connectivity index (χ2n) is 5.92. The summed E-state index contributed by atoms with van der Waals surface area (Å²) in [5.74, 6) is 0.486. The summed E-state index contributed by atoms with van der Waals surface area (Å²) in [6, 6.07) is 1.88. The molecule has 0 aromatic carbocycles. The molecular weight excluding hydrogens is 292 g/mol. The standard InChI is InChI=1S/C18H30N2O3/c1-6-9-10-18(5,23-8-3)17(21)20-15-12-14(4)16(19-13-15)22-11-7-2/h12-13H,6-11H2,1-5H3,(H,20,21). The van der Waals surface area contributed by atoms with Crippen LogP contribution in [-0.4, -0.2) is 29.7 Å². The van der Waals surface area contributed by atoms with Gasteiger partial charge in [0.15, 0.2) is 0 Å². The minimum absolute atomic E-state index is 0.128. The molecule has 0 spiro atoms. The van der Waals surface area contributed by atoms with Crippen molar-refractivity contribution in [2.24, 2.45) is 0 Å². The monoisotopic (exact) mass is 322 g/mol. The number of hydrogen-bond donors (Lipinski definition) is 1. The average molecular weight is 322 g/mol. The van der Waals surface area contributed by atoms with Gasteiger partial charge in [-0.3, -0.25) is 4.79 Å². The number of ether oxygens (including phenoxy) is 2. The Morgan fingerprint density at radius 2 is 2.04 bits per heavy atom. The largest absolute Gasteiger partial charge is 0.477 e. The van der Waals surface area contributed by atoms with E-state index in [1.807, 2.05) is 26.8 Å². The molecule has 0 aliphatic rings. The first-order valence-electron chi connectivity index (χ1n) is 8.51. The summed E-state index contributed by atoms with van der Waals surface area (Å²) >= 11 is 0. The predicted octanol–water partition coefficient (Wildman–Crippen LogP) is 4.10. The lowest BCUT2D eigenvalue weighted by Crippen LogP contribution is -2.42. The molecule has 1 atom stereocenters. The highest BCUT2D eigenvalue weighted by molar-refractivity contribution is 5.97. The van der Waals surface area contributed by atoms with Gasteiger partial charge in [-0.05, 0) is 39.7 Å². The Morgan fingerprint density at radius 3 is 2.61 bits per heavy atom. The van der Waals surface area contributed by atoms with E-state index in [9.17, 15) is 4.79 Å². The number of anilines is 1. The number of rotatable bonds is 10. The average Bonchev–Trinajstić information content (AvgIpc) is 2.52. The van der Waals surface area contributed by atoms with Crippen LogP contribution in [0.4, 0.5) is 5.69 Å². The minimum atomic E-state index is -0.809. The lowest BCUT2D eigenvalue weighted by atomic mass is 9.97. The summed E-state index contributed by atoms with van der Waals surface area (Å²) in [5.41, 5.74) is 0.762. The first-order chi connectivity index (χ1) is 11.0. The molecule has 130 valence electrons. The van der Waals surface area contributed by atoms with Gasteiger partial charge >= 0.3 is 0 Å². The maximum absolute atomic E-state index is 12.6. The van der Waals surface area contributed by atoms with E-state index in [4.69, 9.17) is 9.47 Å². The highest BCUT2D eigenvalue weighted by atomic mass is 16.5. The number of nitrogens with one attached hydrogen (secondary N) is 1. The van der Waals surface area contributed by atoms with Crippen molar-refractivity contribution >= 4 is 11.6 Å². The van der Waals surface area contributed by atoms with Crippen LogP contribution >= 0.6 is 0 Å². The minimum Gasteiger partial charge on any atom is -0.477 e. The summed E-state index contributed by atoms with van der Waals surface area (Å²) in [4.78, 5) is 16.9. The van der Waals surface area contributed by atoms with Crippen molar-refractivity contribution in [3.8, 4) is 5.88 Å². The summed E-state index contributed by atoms with van der Waals surface area (Å²) in [5, 5.41) is 2.92. The third-order valence-electron chi connectivity index (χ3n) is 3.68. The Balaban J connectivity index is 2.79. The zero-order valence-electron chi connectivity index (χ0n) is 15.1. The molecule has 1 aromatic rings. The topological polar surface area (TPSA) is 60.5 Å². The molecule has 23 heavy (non-hydrogen) atoms. The summed E-state index contributed by atoms with van der Waals surface area (Å²) in [6.45, 7) is 11.0. The van der Waals surface area contributed by atoms with Gasteiger partial charge in [-0.1, -0.05) is 26.7 Å². The number of aromatic nitrogens is 1. The van der Waals surface area contributed by atoms with E-state index in [2.05, 4.69) is 24.1 Å². The first kappa shape index (κ1) is 19.4. The normalized spacial score (nSPS) is 13.4. The fourth-order valence-corrected chi connectivity index (χ4v) is 2.33. The van der Waals surface area contributed by atoms with Gasteiger partial charge in [-0.15, -0.1) is 0 Å². The molecule has 1 heterocycles. The molecule has 0 fully saturated rings. The van der Waals surface area contributed by atoms with Crippen LogP contribution in [0, 0.1) is 6.92 Å². The van der Waals surface area contributed by atoms with Crippen molar-refractivity contribution in [3.05, 3.63) is 17.8 Å². The first-order valence-corrected chi connectivity index (χ1v) is 8.51. The molecule has 5 nitrogen and oxygen atoms in total. The number of carbonyl (C=O) groups excluding carboxylic acids is 1. The van der Waals surface area contributed by atoms with E-state index in [0.717, 1.165) is 24.8 Å². The van der Waals surface area contributed by atoms with Crippen molar-refractivity contribution in [2.75, 3.05) is 18.5 Å². The lowest BCUT2D eigenvalue weighted by molar-refractivity contribution is -0.139. The van der Waals surface area contributed by atoms with Crippen LogP contribution in [0.15, 0.2) is 12.3 Å². The highest BCUT2D eigenvalue weighted by Gasteiger charge is 2.33. The number of hydrogen-bond acceptors (Lipinski definition) is 4. The Morgan fingerprint density at radius 1 is 1.30 bits per heavy atom. The molecule has 1 N–H and O–H groups in total. The molecule has 0 aliphatic carbocycles. The molecule has 1 rings (SSSR count). The van der Waals surface area contributed by atoms with Crippen molar-refractivity contribution in [2.45, 2.75) is 65.9 Å². The Bertz CT molecular complexity index is 505. The number of carbonyl (C=O) groups is 1. The second-order valence-corrected chi connectivity index (χ2v) is 5.92. The van der Waals surface area contributed by atoms with Crippen LogP contribution in [0.5, 0.6) is 5.88 Å². The van der Waals surface area contributed by atoms with Crippen LogP contribution in [0.3, 0.4) is 0 Å². The number of unbranched alkanes of at least 4 members (excludes halogenated alkanes) is 1. The number of amides is 1. The zero-order valence-corrected chi connectivity index (χ0v) is 15.1. The molecule has 0 radical (unpaired) electrons. The number of nitrogens with zero attached hydrogens (tertiary/aromatic N) is 1. The van der Waals surface area contributed by atoms with Gasteiger partial charge in [0.05, 0.1) is 18.5 Å². The SMILES string of the molecule is CCCCC(C)(OCC)C(=O)Nc1cnc(OCCC)c(C)c1. The van der Waals surface area contributed by atoms with Crippen LogP contribution in [0.1, 0.15) is 58.9 Å². The number of aryl methyl sites for hydroxylation is 1. The number of pyridine rings is 1. The van der Waals surface area contributed by atoms with Crippen LogP contribution in [0.25, 0.3) is 0 Å². The highest BCUT2D eigenvalue weighted by Crippen LogP contribution is 2.23. The maximum atomic E-state index is 12.6. The van der Waals surface area contributed by atoms with E-state index in [1.165, 1.54) is 0 Å². The van der Waals surface area contributed by atoms with Crippen LogP contribution in [0.2, 0.25) is 0 Å². The zero-order chi connectivity index (χ0) is 17.3. The van der Waals surface area contributed by atoms with E-state index in [1.54, 1.807) is 6.20 Å². The van der Waals surface area contributed by atoms with Crippen molar-refractivity contribution < 1.29 is 14.3 Å². The van der Waals surface area contributed by atoms with E-state index in [-0.39, 0.29) is 5.91 Å². The van der Waals surface area contributed by atoms with Crippen molar-refractivity contribution in [1.29, 1.82) is 0 Å². The predicted molar refractivity (Wildman–Crippen MR) is 92.9 cm³/mol. The van der Waals surface area contributed by atoms with E-state index in [0.29, 0.717) is 31.2 Å². The molecule has 1 aromatic heterocycles. The molecule has 5 heteroatoms. The lowest BCUT2D eigenvalue weighted by Gasteiger charge is -2.28. The Hall–Kier alpha value is -1.62. The van der Waals surface area contributed by atoms with Gasteiger partial charge in [-0.2, -0.15) is 0 Å². The van der Waals surface area contributed by atoms with Gasteiger partial charge in [0, 0.05) is 12.2 Å². The molecular formula is C18H30N2O3. The second kappa shape index (κ2) is 9.50. The van der Waals surface area contributed by atoms with Gasteiger partial charge in [0.1, 0.15) is 5.60 Å². The molecule has 0 bridgehead atoms. The van der Waals surface area contributed by atoms with Gasteiger partial charge in [0.2, 0.25) is 5.88 Å². The molecule has 1 unspecified atom stereocenters. The smallest absolute Gasteiger partial charge is 0.256 e. The van der Waals surface area contributed by atoms with E-state index >= 15 is 0 Å². The quantitative estimate of drug-likeness (QED) is 0.704. The van der Waals surface area contributed by atoms with Gasteiger partial charge in [-0.25, -0.2) is 4.98 Å². The molecule has 0 saturated carbocycles. The van der Waals surface area contributed by atoms with Crippen LogP contribution in [-0.2, 0) is 9.53 Å². The third kappa shape index (κ3) is 5.82. The van der Waals surface area contributed by atoms with Crippen molar-refractivity contribution in [1.82, 2.24) is 4.98 Å². The Kier molecular flexibility index (Phi) is 8.03. The summed E-state index contributed by atoms with van der Waals surface area (Å²) in [7, 11) is 0. The van der Waals surface area contributed by atoms with Crippen LogP contribution < -0.4 is 10.1 Å². The van der Waals surface area contributed by atoms with Crippen molar-refractivity contribution in [3.63, 3.8) is 0 Å². The molecule has 0 aliphatic heterocycles. The fraction of sp³-hybridized carbons (Fsp3) is 0.667. The fourth-order valence-electron chi connectivity index (χ4n) is 2.33. The third-order valence-corrected chi connectivity index (χ3v) is 3.68. The maximum Gasteiger partial charge on any atom is 0.256 e. The van der Waals surface area contributed by atoms with Gasteiger partial charge in [0.25, 0.3) is 5.91 Å². The Labute approximate surface area is 139 Å². The summed E-state index contributed by atoms with van der Waals surface area (Å²) < 4.78 is 11.3. The van der Waals surface area contributed by atoms with Gasteiger partial charge < -0.3 is 14.8 Å². The molecule has 1 amide bonds. The summed E-state index contributed by atoms with van der Waals surface area (Å²) in [6.07, 6.45) is 5.24. The van der Waals surface area contributed by atoms with E-state index < -0.39 is 5.60 Å².